The highest BCUT2D eigenvalue weighted by Crippen LogP contribution is 1.90. The molecule has 0 aliphatic carbocycles. The van der Waals surface area contributed by atoms with Crippen molar-refractivity contribution in [2.24, 2.45) is 0 Å². The Morgan fingerprint density at radius 3 is 2.80 bits per heavy atom. The van der Waals surface area contributed by atoms with Crippen LogP contribution in [0, 0.1) is 6.42 Å². The van der Waals surface area contributed by atoms with E-state index in [1.165, 1.54) is 6.42 Å². The van der Waals surface area contributed by atoms with Crippen LogP contribution >= 0.6 is 0 Å². The van der Waals surface area contributed by atoms with Crippen LogP contribution in [0.25, 0.3) is 0 Å². The van der Waals surface area contributed by atoms with Gasteiger partial charge in [0.05, 0.1) is 0 Å². The summed E-state index contributed by atoms with van der Waals surface area (Å²) in [6.07, 6.45) is 3.40. The predicted octanol–water partition coefficient (Wildman–Crippen LogP) is 0.199. The minimum atomic E-state index is 1.00. The maximum Gasteiger partial charge on any atom is 0.0165 e. The highest BCUT2D eigenvalue weighted by Gasteiger charge is 1.95. The Morgan fingerprint density at radius 2 is 2.60 bits per heavy atom. The Labute approximate surface area is 32.4 Å². The van der Waals surface area contributed by atoms with Gasteiger partial charge in [0.15, 0.2) is 0 Å². The molecular formula is C4H7N. The van der Waals surface area contributed by atoms with Crippen molar-refractivity contribution in [2.45, 2.75) is 6.42 Å². The van der Waals surface area contributed by atoms with Gasteiger partial charge in [-0.3, -0.25) is 0 Å². The van der Waals surface area contributed by atoms with E-state index in [9.17, 15) is 0 Å². The lowest BCUT2D eigenvalue weighted by atomic mass is 10.4. The Bertz CT molecular complexity index is 15.2. The van der Waals surface area contributed by atoms with Gasteiger partial charge in [-0.2, -0.15) is 0 Å². The largest absolute Gasteiger partial charge is 0.241 e. The van der Waals surface area contributed by atoms with E-state index in [2.05, 4.69) is 11.7 Å². The second kappa shape index (κ2) is 1.41. The van der Waals surface area contributed by atoms with E-state index in [1.54, 1.807) is 0 Å². The van der Waals surface area contributed by atoms with E-state index < -0.39 is 0 Å². The van der Waals surface area contributed by atoms with Crippen molar-refractivity contribution in [1.29, 1.82) is 0 Å². The van der Waals surface area contributed by atoms with Crippen molar-refractivity contribution in [3.05, 3.63) is 6.42 Å². The van der Waals surface area contributed by atoms with Crippen molar-refractivity contribution in [2.75, 3.05) is 13.1 Å². The average molecular weight is 69.1 g/mol. The summed E-state index contributed by atoms with van der Waals surface area (Å²) in [5, 5.41) is 4.03. The fourth-order valence-corrected chi connectivity index (χ4v) is 0.456. The molecule has 0 bridgehead atoms. The van der Waals surface area contributed by atoms with Gasteiger partial charge >= 0.3 is 0 Å². The molecule has 1 heterocycles. The van der Waals surface area contributed by atoms with Crippen molar-refractivity contribution in [3.63, 3.8) is 0 Å². The summed E-state index contributed by atoms with van der Waals surface area (Å²) in [4.78, 5) is 0. The Kier molecular flexibility index (Phi) is 0.892. The summed E-state index contributed by atoms with van der Waals surface area (Å²) in [5.41, 5.74) is 0. The second-order valence-electron chi connectivity index (χ2n) is 1.21. The third kappa shape index (κ3) is 0.618. The van der Waals surface area contributed by atoms with Gasteiger partial charge in [0, 0.05) is 13.1 Å². The first-order chi connectivity index (χ1) is 2.50. The Balaban J connectivity index is 2.08. The normalized spacial score (nSPS) is 24.0. The molecule has 0 aromatic rings. The van der Waals surface area contributed by atoms with Crippen LogP contribution in [-0.4, -0.2) is 13.1 Å². The lowest BCUT2D eigenvalue weighted by molar-refractivity contribution is 0.843. The third-order valence-corrected chi connectivity index (χ3v) is 0.750. The van der Waals surface area contributed by atoms with Crippen LogP contribution < -0.4 is 5.32 Å². The van der Waals surface area contributed by atoms with E-state index in [0.717, 1.165) is 13.1 Å². The molecule has 1 heteroatoms. The molecule has 1 saturated heterocycles. The first-order valence-corrected chi connectivity index (χ1v) is 1.95. The predicted molar refractivity (Wildman–Crippen MR) is 20.8 cm³/mol. The van der Waals surface area contributed by atoms with Crippen LogP contribution in [0.3, 0.4) is 0 Å². The van der Waals surface area contributed by atoms with Crippen LogP contribution in [0.15, 0.2) is 0 Å². The first-order valence-electron chi connectivity index (χ1n) is 1.95. The van der Waals surface area contributed by atoms with Gasteiger partial charge < -0.3 is 0 Å². The Morgan fingerprint density at radius 1 is 1.60 bits per heavy atom. The molecule has 1 nitrogen and oxygen atoms in total. The van der Waals surface area contributed by atoms with Crippen LogP contribution in [0.1, 0.15) is 6.42 Å². The van der Waals surface area contributed by atoms with Gasteiger partial charge in [0.1, 0.15) is 0 Å². The zero-order chi connectivity index (χ0) is 3.54. The lowest BCUT2D eigenvalue weighted by Crippen LogP contribution is -1.92. The van der Waals surface area contributed by atoms with Gasteiger partial charge in [-0.25, -0.2) is 5.32 Å². The molecule has 28 valence electrons. The SMILES string of the molecule is [CH]1CC[N]C1. The minimum Gasteiger partial charge on any atom is -0.241 e. The summed E-state index contributed by atoms with van der Waals surface area (Å²) >= 11 is 0. The molecule has 0 saturated carbocycles. The van der Waals surface area contributed by atoms with Crippen molar-refractivity contribution >= 4 is 0 Å². The third-order valence-electron chi connectivity index (χ3n) is 0.750. The lowest BCUT2D eigenvalue weighted by Gasteiger charge is -1.71. The standard InChI is InChI=1S/C4H7N/c1-2-4-5-3-1/h1H,2-4H2. The van der Waals surface area contributed by atoms with Crippen molar-refractivity contribution in [3.8, 4) is 0 Å². The van der Waals surface area contributed by atoms with Crippen LogP contribution in [0.5, 0.6) is 0 Å². The fraction of sp³-hybridized carbons (Fsp3) is 0.750. The van der Waals surface area contributed by atoms with E-state index in [1.807, 2.05) is 0 Å². The molecule has 0 aromatic heterocycles. The fourth-order valence-electron chi connectivity index (χ4n) is 0.456. The number of nitrogens with zero attached hydrogens (tertiary/aromatic N) is 1. The van der Waals surface area contributed by atoms with Gasteiger partial charge in [-0.15, -0.1) is 0 Å². The van der Waals surface area contributed by atoms with E-state index in [-0.39, 0.29) is 0 Å². The molecule has 0 atom stereocenters. The van der Waals surface area contributed by atoms with Crippen molar-refractivity contribution < 1.29 is 0 Å². The summed E-state index contributed by atoms with van der Waals surface area (Å²) in [6, 6.07) is 0. The first kappa shape index (κ1) is 3.16. The van der Waals surface area contributed by atoms with Gasteiger partial charge in [0.25, 0.3) is 0 Å². The zero-order valence-corrected chi connectivity index (χ0v) is 3.15. The molecule has 0 spiro atoms. The summed E-state index contributed by atoms with van der Waals surface area (Å²) in [5.74, 6) is 0. The molecule has 1 aliphatic rings. The molecule has 0 amide bonds. The average Bonchev–Trinajstić information content (AvgIpc) is 1.76. The summed E-state index contributed by atoms with van der Waals surface area (Å²) in [7, 11) is 0. The van der Waals surface area contributed by atoms with E-state index >= 15 is 0 Å². The van der Waals surface area contributed by atoms with Crippen LogP contribution in [0.4, 0.5) is 0 Å². The van der Waals surface area contributed by atoms with Crippen LogP contribution in [-0.2, 0) is 0 Å². The molecule has 1 aliphatic heterocycles. The summed E-state index contributed by atoms with van der Waals surface area (Å²) < 4.78 is 0. The Hall–Kier alpha value is -0.0400. The molecule has 0 aromatic carbocycles. The van der Waals surface area contributed by atoms with Crippen LogP contribution in [0.2, 0.25) is 0 Å². The van der Waals surface area contributed by atoms with Crippen molar-refractivity contribution in [1.82, 2.24) is 5.32 Å². The summed E-state index contributed by atoms with van der Waals surface area (Å²) in [6.45, 7) is 2.07. The molecule has 5 heavy (non-hydrogen) atoms. The highest BCUT2D eigenvalue weighted by atomic mass is 14.9. The number of rotatable bonds is 0. The molecule has 1 fully saturated rings. The maximum atomic E-state index is 4.03. The number of hydrogen-bond acceptors (Lipinski definition) is 0. The second-order valence-corrected chi connectivity index (χ2v) is 1.21. The topological polar surface area (TPSA) is 14.1 Å². The smallest absolute Gasteiger partial charge is 0.0165 e. The number of hydrogen-bond donors (Lipinski definition) is 0. The van der Waals surface area contributed by atoms with Gasteiger partial charge in [-0.1, -0.05) is 0 Å². The van der Waals surface area contributed by atoms with E-state index in [0.29, 0.717) is 0 Å². The van der Waals surface area contributed by atoms with Gasteiger partial charge in [0.2, 0.25) is 0 Å². The highest BCUT2D eigenvalue weighted by molar-refractivity contribution is 4.75. The molecule has 0 unspecified atom stereocenters. The zero-order valence-electron chi connectivity index (χ0n) is 3.15. The minimum absolute atomic E-state index is 1.00. The molecule has 1 rings (SSSR count). The monoisotopic (exact) mass is 69.1 g/mol. The maximum absolute atomic E-state index is 4.03. The quantitative estimate of drug-likeness (QED) is 0.386. The molecular weight excluding hydrogens is 62.1 g/mol. The van der Waals surface area contributed by atoms with Gasteiger partial charge in [-0.05, 0) is 12.8 Å². The molecule has 0 N–H and O–H groups in total. The molecule has 2 radical (unpaired) electrons. The van der Waals surface area contributed by atoms with E-state index in [4.69, 9.17) is 0 Å².